The molecule has 8 nitrogen and oxygen atoms in total. The Kier molecular flexibility index (Phi) is 4.42. The largest absolute Gasteiger partial charge is 0.480 e. The van der Waals surface area contributed by atoms with Gasteiger partial charge >= 0.3 is 5.97 Å². The van der Waals surface area contributed by atoms with Gasteiger partial charge in [0.05, 0.1) is 5.56 Å². The van der Waals surface area contributed by atoms with Crippen molar-refractivity contribution in [3.63, 3.8) is 0 Å². The van der Waals surface area contributed by atoms with Crippen molar-refractivity contribution in [2.75, 3.05) is 11.9 Å². The summed E-state index contributed by atoms with van der Waals surface area (Å²) in [4.78, 5) is 34.2. The molecule has 2 rings (SSSR count). The number of carbonyl (C=O) groups excluding carboxylic acids is 2. The van der Waals surface area contributed by atoms with E-state index in [4.69, 9.17) is 5.11 Å². The van der Waals surface area contributed by atoms with Crippen LogP contribution in [0.5, 0.6) is 0 Å². The van der Waals surface area contributed by atoms with Crippen LogP contribution in [0.1, 0.15) is 30.6 Å². The van der Waals surface area contributed by atoms with Crippen molar-refractivity contribution in [1.29, 1.82) is 0 Å². The molecule has 0 bridgehead atoms. The van der Waals surface area contributed by atoms with Crippen LogP contribution >= 0.6 is 0 Å². The van der Waals surface area contributed by atoms with Gasteiger partial charge in [-0.2, -0.15) is 0 Å². The van der Waals surface area contributed by atoms with Gasteiger partial charge in [0, 0.05) is 12.1 Å². The molecule has 0 unspecified atom stereocenters. The zero-order valence-corrected chi connectivity index (χ0v) is 13.4. The van der Waals surface area contributed by atoms with Crippen molar-refractivity contribution < 1.29 is 27.9 Å². The normalized spacial score (nSPS) is 15.6. The number of carbonyl (C=O) groups is 3. The van der Waals surface area contributed by atoms with E-state index >= 15 is 0 Å². The summed E-state index contributed by atoms with van der Waals surface area (Å²) in [6.45, 7) is 2.80. The SMILES string of the molecule is CC(C)CC(=O)Nc1ccc2c(c1)S(=O)(=O)N(CC(=O)O)C2=O. The molecule has 1 aromatic rings. The topological polar surface area (TPSA) is 121 Å². The first-order valence-electron chi connectivity index (χ1n) is 6.85. The lowest BCUT2D eigenvalue weighted by Crippen LogP contribution is -2.34. The number of hydrogen-bond acceptors (Lipinski definition) is 5. The number of hydrogen-bond donors (Lipinski definition) is 2. The van der Waals surface area contributed by atoms with Gasteiger partial charge in [-0.3, -0.25) is 14.4 Å². The number of anilines is 1. The molecular formula is C14H16N2O6S. The Morgan fingerprint density at radius 1 is 1.30 bits per heavy atom. The molecule has 1 heterocycles. The fourth-order valence-corrected chi connectivity index (χ4v) is 3.76. The van der Waals surface area contributed by atoms with Crippen LogP contribution in [-0.4, -0.2) is 42.2 Å². The molecule has 2 N–H and O–H groups in total. The van der Waals surface area contributed by atoms with E-state index in [-0.39, 0.29) is 34.4 Å². The molecule has 0 spiro atoms. The fourth-order valence-electron chi connectivity index (χ4n) is 2.21. The number of carboxylic acids is 1. The molecule has 0 aromatic heterocycles. The third kappa shape index (κ3) is 3.34. The number of nitrogens with zero attached hydrogens (tertiary/aromatic N) is 1. The van der Waals surface area contributed by atoms with Crippen molar-refractivity contribution >= 4 is 33.5 Å². The van der Waals surface area contributed by atoms with Gasteiger partial charge < -0.3 is 10.4 Å². The standard InChI is InChI=1S/C14H16N2O6S/c1-8(2)5-12(17)15-9-3-4-10-11(6-9)23(21,22)16(14(10)20)7-13(18)19/h3-4,6,8H,5,7H2,1-2H3,(H,15,17)(H,18,19). The monoisotopic (exact) mass is 340 g/mol. The first-order chi connectivity index (χ1) is 10.6. The highest BCUT2D eigenvalue weighted by atomic mass is 32.2. The van der Waals surface area contributed by atoms with Gasteiger partial charge in [-0.05, 0) is 24.1 Å². The van der Waals surface area contributed by atoms with Crippen molar-refractivity contribution in [2.45, 2.75) is 25.2 Å². The predicted molar refractivity (Wildman–Crippen MR) is 80.4 cm³/mol. The second-order valence-electron chi connectivity index (χ2n) is 5.57. The maximum atomic E-state index is 12.3. The molecule has 0 fully saturated rings. The number of nitrogens with one attached hydrogen (secondary N) is 1. The Balaban J connectivity index is 2.34. The van der Waals surface area contributed by atoms with Crippen LogP contribution in [0.25, 0.3) is 0 Å². The Bertz CT molecular complexity index is 784. The third-order valence-corrected chi connectivity index (χ3v) is 4.93. The van der Waals surface area contributed by atoms with Crippen LogP contribution < -0.4 is 5.32 Å². The molecule has 9 heteroatoms. The van der Waals surface area contributed by atoms with Gasteiger partial charge in [0.15, 0.2) is 0 Å². The van der Waals surface area contributed by atoms with Gasteiger partial charge in [0.2, 0.25) is 5.91 Å². The molecule has 23 heavy (non-hydrogen) atoms. The minimum absolute atomic E-state index is 0.104. The van der Waals surface area contributed by atoms with Crippen molar-refractivity contribution in [1.82, 2.24) is 4.31 Å². The Hall–Kier alpha value is -2.42. The number of fused-ring (bicyclic) bond motifs is 1. The Morgan fingerprint density at radius 2 is 1.96 bits per heavy atom. The van der Waals surface area contributed by atoms with Crippen LogP contribution in [0, 0.1) is 5.92 Å². The molecule has 0 atom stereocenters. The average Bonchev–Trinajstić information content (AvgIpc) is 2.59. The number of sulfonamides is 1. The molecule has 0 aliphatic carbocycles. The zero-order valence-electron chi connectivity index (χ0n) is 12.6. The van der Waals surface area contributed by atoms with Crippen molar-refractivity contribution in [3.05, 3.63) is 23.8 Å². The van der Waals surface area contributed by atoms with E-state index < -0.39 is 28.4 Å². The average molecular weight is 340 g/mol. The fraction of sp³-hybridized carbons (Fsp3) is 0.357. The second kappa shape index (κ2) is 5.99. The molecule has 0 radical (unpaired) electrons. The zero-order chi connectivity index (χ0) is 17.4. The predicted octanol–water partition coefficient (Wildman–Crippen LogP) is 0.900. The summed E-state index contributed by atoms with van der Waals surface area (Å²) in [6, 6.07) is 3.85. The Morgan fingerprint density at radius 3 is 2.52 bits per heavy atom. The van der Waals surface area contributed by atoms with E-state index in [0.29, 0.717) is 4.31 Å². The minimum atomic E-state index is -4.22. The van der Waals surface area contributed by atoms with Crippen LogP contribution in [0.15, 0.2) is 23.1 Å². The molecular weight excluding hydrogens is 324 g/mol. The lowest BCUT2D eigenvalue weighted by Gasteiger charge is -2.11. The van der Waals surface area contributed by atoms with E-state index in [1.54, 1.807) is 0 Å². The van der Waals surface area contributed by atoms with Gasteiger partial charge in [0.1, 0.15) is 11.4 Å². The van der Waals surface area contributed by atoms with Crippen LogP contribution in [0.4, 0.5) is 5.69 Å². The molecule has 1 aromatic carbocycles. The molecule has 124 valence electrons. The van der Waals surface area contributed by atoms with Gasteiger partial charge in [0.25, 0.3) is 15.9 Å². The summed E-state index contributed by atoms with van der Waals surface area (Å²) in [5, 5.41) is 11.3. The first-order valence-corrected chi connectivity index (χ1v) is 8.29. The minimum Gasteiger partial charge on any atom is -0.480 e. The van der Waals surface area contributed by atoms with Gasteiger partial charge in [-0.15, -0.1) is 0 Å². The van der Waals surface area contributed by atoms with Crippen LogP contribution in [0.2, 0.25) is 0 Å². The smallest absolute Gasteiger partial charge is 0.324 e. The molecule has 0 saturated carbocycles. The highest BCUT2D eigenvalue weighted by Crippen LogP contribution is 2.32. The summed E-state index contributed by atoms with van der Waals surface area (Å²) < 4.78 is 24.9. The van der Waals surface area contributed by atoms with E-state index in [0.717, 1.165) is 0 Å². The lowest BCUT2D eigenvalue weighted by atomic mass is 10.1. The van der Waals surface area contributed by atoms with E-state index in [9.17, 15) is 22.8 Å². The van der Waals surface area contributed by atoms with E-state index in [1.807, 2.05) is 13.8 Å². The van der Waals surface area contributed by atoms with E-state index in [1.165, 1.54) is 18.2 Å². The highest BCUT2D eigenvalue weighted by molar-refractivity contribution is 7.90. The molecule has 1 aliphatic rings. The number of carboxylic acid groups (broad SMARTS) is 1. The van der Waals surface area contributed by atoms with Crippen molar-refractivity contribution in [3.8, 4) is 0 Å². The number of aliphatic carboxylic acids is 1. The third-order valence-electron chi connectivity index (χ3n) is 3.16. The summed E-state index contributed by atoms with van der Waals surface area (Å²) in [5.41, 5.74) is 0.135. The number of amides is 2. The van der Waals surface area contributed by atoms with Crippen molar-refractivity contribution in [2.24, 2.45) is 5.92 Å². The Labute approximate surface area is 133 Å². The molecule has 1 aliphatic heterocycles. The number of benzene rings is 1. The highest BCUT2D eigenvalue weighted by Gasteiger charge is 2.42. The quantitative estimate of drug-likeness (QED) is 0.821. The number of rotatable bonds is 5. The van der Waals surface area contributed by atoms with Crippen LogP contribution in [0.3, 0.4) is 0 Å². The first kappa shape index (κ1) is 16.9. The van der Waals surface area contributed by atoms with Gasteiger partial charge in [-0.1, -0.05) is 13.8 Å². The molecule has 2 amide bonds. The lowest BCUT2D eigenvalue weighted by molar-refractivity contribution is -0.136. The molecule has 0 saturated heterocycles. The second-order valence-corrected chi connectivity index (χ2v) is 7.40. The summed E-state index contributed by atoms with van der Waals surface area (Å²) in [7, 11) is -4.22. The summed E-state index contributed by atoms with van der Waals surface area (Å²) in [6.07, 6.45) is 0.272. The van der Waals surface area contributed by atoms with Gasteiger partial charge in [-0.25, -0.2) is 12.7 Å². The summed E-state index contributed by atoms with van der Waals surface area (Å²) in [5.74, 6) is -2.45. The van der Waals surface area contributed by atoms with E-state index in [2.05, 4.69) is 5.32 Å². The van der Waals surface area contributed by atoms with Crippen LogP contribution in [-0.2, 0) is 19.6 Å². The maximum Gasteiger partial charge on any atom is 0.324 e. The summed E-state index contributed by atoms with van der Waals surface area (Å²) >= 11 is 0. The maximum absolute atomic E-state index is 12.3.